The van der Waals surface area contributed by atoms with E-state index in [-0.39, 0.29) is 40.9 Å². The van der Waals surface area contributed by atoms with Gasteiger partial charge >= 0.3 is 0 Å². The number of nitrogens with one attached hydrogen (secondary N) is 1. The number of hydrogen-bond donors (Lipinski definition) is 2. The molecule has 24 heavy (non-hydrogen) atoms. The van der Waals surface area contributed by atoms with E-state index in [0.29, 0.717) is 0 Å². The number of benzene rings is 2. The molecule has 126 valence electrons. The fourth-order valence-corrected chi connectivity index (χ4v) is 2.03. The van der Waals surface area contributed by atoms with Crippen molar-refractivity contribution in [3.8, 4) is 11.5 Å². The van der Waals surface area contributed by atoms with Crippen LogP contribution in [0.4, 0.5) is 10.1 Å². The molecule has 0 saturated heterocycles. The van der Waals surface area contributed by atoms with Crippen LogP contribution >= 0.6 is 11.6 Å². The van der Waals surface area contributed by atoms with Gasteiger partial charge in [0.25, 0.3) is 11.6 Å². The Balaban J connectivity index is 1.91. The average Bonchev–Trinajstić information content (AvgIpc) is 2.53. The van der Waals surface area contributed by atoms with E-state index in [9.17, 15) is 24.4 Å². The van der Waals surface area contributed by atoms with E-state index in [1.54, 1.807) is 0 Å². The first kappa shape index (κ1) is 17.5. The van der Waals surface area contributed by atoms with Crippen molar-refractivity contribution in [1.29, 1.82) is 0 Å². The minimum absolute atomic E-state index is 0.0270. The van der Waals surface area contributed by atoms with Crippen LogP contribution < -0.4 is 10.1 Å². The van der Waals surface area contributed by atoms with Gasteiger partial charge in [-0.2, -0.15) is 0 Å². The van der Waals surface area contributed by atoms with Gasteiger partial charge in [-0.25, -0.2) is 4.39 Å². The number of nitro benzene ring substituents is 1. The first-order chi connectivity index (χ1) is 11.4. The Morgan fingerprint density at radius 2 is 2.08 bits per heavy atom. The maximum Gasteiger partial charge on any atom is 0.270 e. The molecule has 2 aromatic rings. The van der Waals surface area contributed by atoms with Gasteiger partial charge < -0.3 is 15.2 Å². The summed E-state index contributed by atoms with van der Waals surface area (Å²) < 4.78 is 18.0. The predicted molar refractivity (Wildman–Crippen MR) is 83.5 cm³/mol. The normalized spacial score (nSPS) is 10.2. The van der Waals surface area contributed by atoms with Gasteiger partial charge in [-0.1, -0.05) is 11.6 Å². The van der Waals surface area contributed by atoms with E-state index in [0.717, 1.165) is 24.3 Å². The van der Waals surface area contributed by atoms with Gasteiger partial charge in [0.1, 0.15) is 17.3 Å². The molecule has 0 aliphatic heterocycles. The third-order valence-corrected chi connectivity index (χ3v) is 3.30. The molecule has 0 aromatic heterocycles. The fourth-order valence-electron chi connectivity index (χ4n) is 1.81. The van der Waals surface area contributed by atoms with Gasteiger partial charge in [0, 0.05) is 24.2 Å². The molecule has 0 saturated carbocycles. The second-order valence-corrected chi connectivity index (χ2v) is 5.12. The van der Waals surface area contributed by atoms with Crippen molar-refractivity contribution in [1.82, 2.24) is 5.32 Å². The molecule has 2 N–H and O–H groups in total. The number of halogens is 2. The van der Waals surface area contributed by atoms with E-state index in [1.807, 2.05) is 0 Å². The Labute approximate surface area is 140 Å². The summed E-state index contributed by atoms with van der Waals surface area (Å²) >= 11 is 5.76. The maximum absolute atomic E-state index is 12.9. The number of phenols is 1. The van der Waals surface area contributed by atoms with Crippen LogP contribution in [-0.4, -0.2) is 22.5 Å². The Bertz CT molecular complexity index is 784. The number of non-ortho nitro benzene ring substituents is 1. The van der Waals surface area contributed by atoms with E-state index in [1.165, 1.54) is 12.1 Å². The molecule has 0 heterocycles. The molecule has 2 aromatic carbocycles. The number of phenolic OH excluding ortho intramolecular Hbond substituents is 1. The average molecular weight is 355 g/mol. The summed E-state index contributed by atoms with van der Waals surface area (Å²) in [6, 6.07) is 6.97. The van der Waals surface area contributed by atoms with Gasteiger partial charge in [0.05, 0.1) is 9.95 Å². The number of carbonyl (C=O) groups excluding carboxylic acids is 1. The van der Waals surface area contributed by atoms with E-state index < -0.39 is 16.6 Å². The molecule has 0 unspecified atom stereocenters. The maximum atomic E-state index is 12.9. The van der Waals surface area contributed by atoms with E-state index >= 15 is 0 Å². The Morgan fingerprint density at radius 3 is 2.75 bits per heavy atom. The second kappa shape index (κ2) is 7.60. The molecule has 0 aliphatic rings. The lowest BCUT2D eigenvalue weighted by molar-refractivity contribution is -0.384. The third kappa shape index (κ3) is 4.56. The highest BCUT2D eigenvalue weighted by Gasteiger charge is 2.12. The Hall–Kier alpha value is -2.87. The number of amides is 1. The SMILES string of the molecule is O=C(COc1ccc(F)cc1Cl)NCc1cc([N+](=O)[O-])ccc1O. The van der Waals surface area contributed by atoms with Gasteiger partial charge in [-0.05, 0) is 24.3 Å². The third-order valence-electron chi connectivity index (χ3n) is 3.00. The number of aromatic hydroxyl groups is 1. The molecule has 9 heteroatoms. The van der Waals surface area contributed by atoms with Crippen molar-refractivity contribution in [3.05, 3.63) is 62.9 Å². The van der Waals surface area contributed by atoms with Gasteiger partial charge in [0.15, 0.2) is 6.61 Å². The molecule has 2 rings (SSSR count). The topological polar surface area (TPSA) is 102 Å². The zero-order valence-electron chi connectivity index (χ0n) is 12.2. The molecular formula is C15H12ClFN2O5. The van der Waals surface area contributed by atoms with Crippen LogP contribution in [0, 0.1) is 15.9 Å². The summed E-state index contributed by atoms with van der Waals surface area (Å²) in [4.78, 5) is 21.8. The van der Waals surface area contributed by atoms with Crippen molar-refractivity contribution >= 4 is 23.2 Å². The largest absolute Gasteiger partial charge is 0.508 e. The zero-order chi connectivity index (χ0) is 17.7. The molecule has 0 atom stereocenters. The van der Waals surface area contributed by atoms with Crippen molar-refractivity contribution < 1.29 is 24.0 Å². The first-order valence-electron chi connectivity index (χ1n) is 6.67. The van der Waals surface area contributed by atoms with Gasteiger partial charge in [-0.15, -0.1) is 0 Å². The standard InChI is InChI=1S/C15H12ClFN2O5/c16-12-6-10(17)1-4-14(12)24-8-15(21)18-7-9-5-11(19(22)23)2-3-13(9)20/h1-6,20H,7-8H2,(H,18,21). The fraction of sp³-hybridized carbons (Fsp3) is 0.133. The molecule has 1 amide bonds. The van der Waals surface area contributed by atoms with E-state index in [2.05, 4.69) is 5.32 Å². The van der Waals surface area contributed by atoms with Crippen LogP contribution in [0.25, 0.3) is 0 Å². The minimum atomic E-state index is -0.607. The monoisotopic (exact) mass is 354 g/mol. The molecule has 0 radical (unpaired) electrons. The van der Waals surface area contributed by atoms with Crippen molar-refractivity contribution in [2.45, 2.75) is 6.54 Å². The molecular weight excluding hydrogens is 343 g/mol. The van der Waals surface area contributed by atoms with Crippen molar-refractivity contribution in [3.63, 3.8) is 0 Å². The summed E-state index contributed by atoms with van der Waals surface area (Å²) in [6.45, 7) is -0.506. The van der Waals surface area contributed by atoms with Crippen LogP contribution in [0.1, 0.15) is 5.56 Å². The number of ether oxygens (including phenoxy) is 1. The molecule has 7 nitrogen and oxygen atoms in total. The lowest BCUT2D eigenvalue weighted by Crippen LogP contribution is -2.28. The second-order valence-electron chi connectivity index (χ2n) is 4.71. The lowest BCUT2D eigenvalue weighted by atomic mass is 10.2. The van der Waals surface area contributed by atoms with Crippen LogP contribution in [0.5, 0.6) is 11.5 Å². The summed E-state index contributed by atoms with van der Waals surface area (Å²) in [5, 5.41) is 22.8. The number of rotatable bonds is 6. The number of nitro groups is 1. The van der Waals surface area contributed by atoms with Crippen LogP contribution in [0.3, 0.4) is 0 Å². The highest BCUT2D eigenvalue weighted by molar-refractivity contribution is 6.32. The highest BCUT2D eigenvalue weighted by Crippen LogP contribution is 2.25. The number of carbonyl (C=O) groups is 1. The molecule has 0 spiro atoms. The Morgan fingerprint density at radius 1 is 1.33 bits per heavy atom. The summed E-state index contributed by atoms with van der Waals surface area (Å²) in [5.74, 6) is -1.10. The highest BCUT2D eigenvalue weighted by atomic mass is 35.5. The van der Waals surface area contributed by atoms with Gasteiger partial charge in [0.2, 0.25) is 0 Å². The first-order valence-corrected chi connectivity index (χ1v) is 7.05. The molecule has 0 bridgehead atoms. The number of nitrogens with zero attached hydrogens (tertiary/aromatic N) is 1. The predicted octanol–water partition coefficient (Wildman–Crippen LogP) is 2.79. The van der Waals surface area contributed by atoms with E-state index in [4.69, 9.17) is 16.3 Å². The van der Waals surface area contributed by atoms with Crippen molar-refractivity contribution in [2.24, 2.45) is 0 Å². The van der Waals surface area contributed by atoms with Crippen molar-refractivity contribution in [2.75, 3.05) is 6.61 Å². The summed E-state index contributed by atoms with van der Waals surface area (Å²) in [5.41, 5.74) is -0.0104. The molecule has 0 aliphatic carbocycles. The number of hydrogen-bond acceptors (Lipinski definition) is 5. The van der Waals surface area contributed by atoms with Gasteiger partial charge in [-0.3, -0.25) is 14.9 Å². The van der Waals surface area contributed by atoms with Crippen LogP contribution in [0.15, 0.2) is 36.4 Å². The van der Waals surface area contributed by atoms with Crippen LogP contribution in [0.2, 0.25) is 5.02 Å². The quantitative estimate of drug-likeness (QED) is 0.613. The summed E-state index contributed by atoms with van der Waals surface area (Å²) in [6.07, 6.45) is 0. The lowest BCUT2D eigenvalue weighted by Gasteiger charge is -2.09. The van der Waals surface area contributed by atoms with Crippen LogP contribution in [-0.2, 0) is 11.3 Å². The smallest absolute Gasteiger partial charge is 0.270 e. The zero-order valence-corrected chi connectivity index (χ0v) is 12.9. The Kier molecular flexibility index (Phi) is 5.54. The molecule has 0 fully saturated rings. The minimum Gasteiger partial charge on any atom is -0.508 e. The summed E-state index contributed by atoms with van der Waals surface area (Å²) in [7, 11) is 0.